The van der Waals surface area contributed by atoms with Crippen molar-refractivity contribution in [1.82, 2.24) is 5.32 Å². The summed E-state index contributed by atoms with van der Waals surface area (Å²) in [7, 11) is 0. The van der Waals surface area contributed by atoms with Crippen LogP contribution < -0.4 is 16.4 Å². The minimum Gasteiger partial charge on any atom is -0.399 e. The first-order valence-corrected chi connectivity index (χ1v) is 8.03. The third kappa shape index (κ3) is 4.59. The first-order chi connectivity index (χ1) is 11.5. The molecule has 0 atom stereocenters. The maximum atomic E-state index is 12.1. The highest BCUT2D eigenvalue weighted by Crippen LogP contribution is 2.18. The maximum absolute atomic E-state index is 12.1. The normalized spacial score (nSPS) is 10.2. The number of anilines is 2. The minimum absolute atomic E-state index is 0.0767. The maximum Gasteiger partial charge on any atom is 0.251 e. The van der Waals surface area contributed by atoms with Crippen LogP contribution in [-0.2, 0) is 11.2 Å². The van der Waals surface area contributed by atoms with Gasteiger partial charge >= 0.3 is 0 Å². The number of benzene rings is 2. The Labute approximate surface area is 142 Å². The zero-order valence-corrected chi connectivity index (χ0v) is 14.1. The highest BCUT2D eigenvalue weighted by atomic mass is 16.2. The molecule has 0 aliphatic heterocycles. The van der Waals surface area contributed by atoms with Crippen LogP contribution in [0.4, 0.5) is 11.4 Å². The molecule has 2 aromatic rings. The van der Waals surface area contributed by atoms with Crippen molar-refractivity contribution in [2.24, 2.45) is 0 Å². The summed E-state index contributed by atoms with van der Waals surface area (Å²) in [5.74, 6) is -0.190. The van der Waals surface area contributed by atoms with Crippen LogP contribution in [0.3, 0.4) is 0 Å². The smallest absolute Gasteiger partial charge is 0.251 e. The van der Waals surface area contributed by atoms with Gasteiger partial charge in [-0.15, -0.1) is 0 Å². The fourth-order valence-electron chi connectivity index (χ4n) is 2.43. The predicted molar refractivity (Wildman–Crippen MR) is 97.0 cm³/mol. The van der Waals surface area contributed by atoms with Crippen LogP contribution in [-0.4, -0.2) is 18.4 Å². The molecule has 0 saturated heterocycles. The van der Waals surface area contributed by atoms with Gasteiger partial charge in [-0.3, -0.25) is 9.59 Å². The van der Waals surface area contributed by atoms with Gasteiger partial charge in [-0.25, -0.2) is 0 Å². The van der Waals surface area contributed by atoms with Crippen LogP contribution in [0.2, 0.25) is 0 Å². The second-order valence-electron chi connectivity index (χ2n) is 5.64. The number of amides is 2. The summed E-state index contributed by atoms with van der Waals surface area (Å²) in [6.45, 7) is 4.32. The molecule has 2 rings (SSSR count). The first-order valence-electron chi connectivity index (χ1n) is 8.03. The van der Waals surface area contributed by atoms with E-state index in [4.69, 9.17) is 5.73 Å². The van der Waals surface area contributed by atoms with Crippen LogP contribution in [0, 0.1) is 6.92 Å². The summed E-state index contributed by atoms with van der Waals surface area (Å²) in [6.07, 6.45) is 0.945. The lowest BCUT2D eigenvalue weighted by atomic mass is 10.1. The van der Waals surface area contributed by atoms with Crippen molar-refractivity contribution < 1.29 is 9.59 Å². The van der Waals surface area contributed by atoms with Crippen molar-refractivity contribution in [1.29, 1.82) is 0 Å². The number of hydrogen-bond donors (Lipinski definition) is 3. The fraction of sp³-hybridized carbons (Fsp3) is 0.263. The molecule has 0 fully saturated rings. The van der Waals surface area contributed by atoms with E-state index in [1.54, 1.807) is 18.2 Å². The average Bonchev–Trinajstić information content (AvgIpc) is 2.56. The van der Waals surface area contributed by atoms with Crippen molar-refractivity contribution in [3.63, 3.8) is 0 Å². The second-order valence-corrected chi connectivity index (χ2v) is 5.64. The summed E-state index contributed by atoms with van der Waals surface area (Å²) in [6, 6.07) is 12.8. The highest BCUT2D eigenvalue weighted by molar-refractivity contribution is 5.96. The van der Waals surface area contributed by atoms with E-state index in [-0.39, 0.29) is 11.8 Å². The molecule has 0 aliphatic carbocycles. The minimum atomic E-state index is -0.113. The number of carbonyl (C=O) groups is 2. The molecule has 2 amide bonds. The molecule has 5 heteroatoms. The average molecular weight is 325 g/mol. The topological polar surface area (TPSA) is 84.2 Å². The van der Waals surface area contributed by atoms with Crippen molar-refractivity contribution >= 4 is 23.2 Å². The van der Waals surface area contributed by atoms with Gasteiger partial charge in [0.25, 0.3) is 5.91 Å². The molecule has 0 aliphatic rings. The van der Waals surface area contributed by atoms with Gasteiger partial charge in [0.05, 0.1) is 0 Å². The number of nitrogens with two attached hydrogens (primary N) is 1. The van der Waals surface area contributed by atoms with Crippen LogP contribution in [0.5, 0.6) is 0 Å². The van der Waals surface area contributed by atoms with Crippen molar-refractivity contribution in [3.05, 3.63) is 59.2 Å². The van der Waals surface area contributed by atoms with E-state index in [0.29, 0.717) is 36.3 Å². The molecule has 0 aromatic heterocycles. The summed E-state index contributed by atoms with van der Waals surface area (Å²) in [4.78, 5) is 24.0. The van der Waals surface area contributed by atoms with Crippen molar-refractivity contribution in [2.75, 3.05) is 17.6 Å². The Hall–Kier alpha value is -2.82. The second kappa shape index (κ2) is 8.15. The molecule has 0 radical (unpaired) electrons. The van der Waals surface area contributed by atoms with E-state index in [1.807, 2.05) is 38.1 Å². The first kappa shape index (κ1) is 17.5. The van der Waals surface area contributed by atoms with Gasteiger partial charge in [0, 0.05) is 29.9 Å². The molecular weight excluding hydrogens is 302 g/mol. The van der Waals surface area contributed by atoms with Gasteiger partial charge in [-0.05, 0) is 55.7 Å². The number of carbonyl (C=O) groups excluding carboxylic acids is 2. The molecule has 24 heavy (non-hydrogen) atoms. The molecule has 0 saturated carbocycles. The predicted octanol–water partition coefficient (Wildman–Crippen LogP) is 2.90. The lowest BCUT2D eigenvalue weighted by Crippen LogP contribution is -2.22. The van der Waals surface area contributed by atoms with E-state index < -0.39 is 0 Å². The lowest BCUT2D eigenvalue weighted by Gasteiger charge is -2.11. The Kier molecular flexibility index (Phi) is 5.95. The van der Waals surface area contributed by atoms with Gasteiger partial charge in [0.15, 0.2) is 0 Å². The Bertz CT molecular complexity index is 741. The van der Waals surface area contributed by atoms with E-state index >= 15 is 0 Å². The summed E-state index contributed by atoms with van der Waals surface area (Å²) in [5.41, 5.74) is 9.71. The van der Waals surface area contributed by atoms with E-state index in [9.17, 15) is 9.59 Å². The standard InChI is InChI=1S/C19H23N3O2/c1-3-21-19(24)15-8-10-17(13(2)12-15)22-18(23)11-9-14-6-4-5-7-16(14)20/h4-8,10,12H,3,9,11,20H2,1-2H3,(H,21,24)(H,22,23). The Balaban J connectivity index is 1.96. The van der Waals surface area contributed by atoms with Crippen molar-refractivity contribution in [2.45, 2.75) is 26.7 Å². The number of hydrogen-bond acceptors (Lipinski definition) is 3. The molecule has 0 heterocycles. The lowest BCUT2D eigenvalue weighted by molar-refractivity contribution is -0.116. The third-order valence-corrected chi connectivity index (χ3v) is 3.78. The SMILES string of the molecule is CCNC(=O)c1ccc(NC(=O)CCc2ccccc2N)c(C)c1. The fourth-order valence-corrected chi connectivity index (χ4v) is 2.43. The summed E-state index contributed by atoms with van der Waals surface area (Å²) in [5, 5.41) is 5.64. The Morgan fingerprint density at radius 1 is 1.12 bits per heavy atom. The van der Waals surface area contributed by atoms with Crippen LogP contribution >= 0.6 is 0 Å². The molecular formula is C19H23N3O2. The Morgan fingerprint density at radius 3 is 2.54 bits per heavy atom. The van der Waals surface area contributed by atoms with Gasteiger partial charge in [0.1, 0.15) is 0 Å². The molecule has 126 valence electrons. The molecule has 5 nitrogen and oxygen atoms in total. The number of nitrogen functional groups attached to an aromatic ring is 1. The van der Waals surface area contributed by atoms with Gasteiger partial charge in [0.2, 0.25) is 5.91 Å². The molecule has 0 unspecified atom stereocenters. The molecule has 0 bridgehead atoms. The molecule has 2 aromatic carbocycles. The summed E-state index contributed by atoms with van der Waals surface area (Å²) < 4.78 is 0. The van der Waals surface area contributed by atoms with E-state index in [0.717, 1.165) is 11.1 Å². The Morgan fingerprint density at radius 2 is 1.88 bits per heavy atom. The van der Waals surface area contributed by atoms with E-state index in [1.165, 1.54) is 0 Å². The quantitative estimate of drug-likeness (QED) is 0.714. The number of aryl methyl sites for hydroxylation is 2. The van der Waals surface area contributed by atoms with Gasteiger partial charge < -0.3 is 16.4 Å². The zero-order chi connectivity index (χ0) is 17.5. The number of rotatable bonds is 6. The molecule has 0 spiro atoms. The third-order valence-electron chi connectivity index (χ3n) is 3.78. The molecule has 4 N–H and O–H groups in total. The largest absolute Gasteiger partial charge is 0.399 e. The summed E-state index contributed by atoms with van der Waals surface area (Å²) >= 11 is 0. The van der Waals surface area contributed by atoms with Crippen molar-refractivity contribution in [3.8, 4) is 0 Å². The monoisotopic (exact) mass is 325 g/mol. The number of para-hydroxylation sites is 1. The van der Waals surface area contributed by atoms with Gasteiger partial charge in [-0.1, -0.05) is 18.2 Å². The van der Waals surface area contributed by atoms with Crippen LogP contribution in [0.25, 0.3) is 0 Å². The van der Waals surface area contributed by atoms with Gasteiger partial charge in [-0.2, -0.15) is 0 Å². The van der Waals surface area contributed by atoms with Crippen LogP contribution in [0.15, 0.2) is 42.5 Å². The van der Waals surface area contributed by atoms with E-state index in [2.05, 4.69) is 10.6 Å². The highest BCUT2D eigenvalue weighted by Gasteiger charge is 2.09. The zero-order valence-electron chi connectivity index (χ0n) is 14.1. The number of nitrogens with one attached hydrogen (secondary N) is 2. The van der Waals surface area contributed by atoms with Crippen LogP contribution in [0.1, 0.15) is 34.8 Å².